The summed E-state index contributed by atoms with van der Waals surface area (Å²) in [5, 5.41) is 144. The van der Waals surface area contributed by atoms with Gasteiger partial charge in [0.05, 0.1) is 79.4 Å². The lowest BCUT2D eigenvalue weighted by Gasteiger charge is -2.25. The smallest absolute Gasteiger partial charge is 0.331 e. The van der Waals surface area contributed by atoms with Crippen LogP contribution in [-0.2, 0) is 9.59 Å². The number of nitrogens with two attached hydrogens (primary N) is 1. The van der Waals surface area contributed by atoms with Crippen molar-refractivity contribution in [3.8, 4) is 0 Å². The van der Waals surface area contributed by atoms with Crippen LogP contribution in [0.1, 0.15) is 124 Å². The number of Topliss-reactive ketones (excluding diaryl/α,β-unsaturated/α-hetero) is 1. The van der Waals surface area contributed by atoms with Crippen molar-refractivity contribution in [3.63, 3.8) is 0 Å². The molecule has 0 rings (SSSR count). The summed E-state index contributed by atoms with van der Waals surface area (Å²) in [6.45, 7) is 7.30. The van der Waals surface area contributed by atoms with E-state index >= 15 is 0 Å². The van der Waals surface area contributed by atoms with Crippen LogP contribution in [0.15, 0.2) is 157 Å². The number of carboxylic acid groups (broad SMARTS) is 1. The number of carbonyl (C=O) groups is 2. The number of aliphatic carboxylic acids is 1. The van der Waals surface area contributed by atoms with Crippen LogP contribution in [0.5, 0.6) is 0 Å². The Morgan fingerprint density at radius 3 is 1.48 bits per heavy atom. The molecule has 0 aromatic carbocycles. The average molecular weight is 1140 g/mol. The number of unbranched alkanes of at least 4 members (excludes halogenated alkanes) is 1. The van der Waals surface area contributed by atoms with E-state index < -0.39 is 97.2 Å². The van der Waals surface area contributed by atoms with Gasteiger partial charge in [0.1, 0.15) is 5.78 Å². The van der Waals surface area contributed by atoms with Crippen molar-refractivity contribution in [2.24, 2.45) is 23.5 Å². The van der Waals surface area contributed by atoms with Gasteiger partial charge in [0.15, 0.2) is 0 Å². The number of allylic oxidation sites excluding steroid dienone is 16. The Hall–Kier alpha value is -4.80. The molecule has 0 aromatic rings. The molecule has 0 bridgehead atoms. The van der Waals surface area contributed by atoms with E-state index in [1.54, 1.807) is 105 Å². The molecule has 16 unspecified atom stereocenters. The zero-order valence-electron chi connectivity index (χ0n) is 48.1. The standard InChI is InChI=1S/C64H101NO16/c1-46(27-18-14-10-8-9-11-15-19-28-47(2)64(80)81)63(79)49(4)61(77)37-21-17-13-7-5-6-12-16-20-36-60(76)48(3)62(78)45-59(75)44-58(74)42-55(71)35-26-34-54(70)41-57(73)43-56(72)40-53(69)33-25-31-50(66)30-24-32-52(68)39-51(67)29-22-23-38-65/h5-13,15-21,24-28,30,33,35,37,46,48-61,63,66-77,79H,14,22-23,29,31-32,34,36,38-45,65H2,1-4H3,(H,80,81)/b7-5+,10-8+,11-9+,12-6+,17-13+,19-15+,20-16+,27-18+,30-24+,33-25+,35-26+,37-21+,47-28+. The van der Waals surface area contributed by atoms with Crippen molar-refractivity contribution < 1.29 is 81.1 Å². The van der Waals surface area contributed by atoms with E-state index in [4.69, 9.17) is 10.8 Å². The predicted octanol–water partition coefficient (Wildman–Crippen LogP) is 5.67. The highest BCUT2D eigenvalue weighted by Crippen LogP contribution is 2.20. The van der Waals surface area contributed by atoms with Crippen LogP contribution in [0.3, 0.4) is 0 Å². The van der Waals surface area contributed by atoms with Crippen molar-refractivity contribution in [3.05, 3.63) is 157 Å². The molecule has 17 heteroatoms. The lowest BCUT2D eigenvalue weighted by Crippen LogP contribution is -2.32. The number of hydrogen-bond acceptors (Lipinski definition) is 16. The number of carbonyl (C=O) groups excluding carboxylic acids is 1. The van der Waals surface area contributed by atoms with Crippen molar-refractivity contribution in [1.29, 1.82) is 0 Å². The fourth-order valence-electron chi connectivity index (χ4n) is 8.08. The van der Waals surface area contributed by atoms with E-state index in [1.165, 1.54) is 37.3 Å². The molecule has 0 aliphatic heterocycles. The maximum Gasteiger partial charge on any atom is 0.331 e. The Kier molecular flexibility index (Phi) is 44.8. The molecule has 16 atom stereocenters. The highest BCUT2D eigenvalue weighted by Gasteiger charge is 2.26. The summed E-state index contributed by atoms with van der Waals surface area (Å²) in [4.78, 5) is 23.6. The topological polar surface area (TPSA) is 343 Å². The van der Waals surface area contributed by atoms with Crippen molar-refractivity contribution in [1.82, 2.24) is 0 Å². The molecule has 0 aliphatic carbocycles. The second kappa shape index (κ2) is 47.7. The summed E-state index contributed by atoms with van der Waals surface area (Å²) in [6, 6.07) is 0. The fourth-order valence-corrected chi connectivity index (χ4v) is 8.08. The highest BCUT2D eigenvalue weighted by atomic mass is 16.4. The number of hydrogen-bond donors (Lipinski definition) is 15. The van der Waals surface area contributed by atoms with Gasteiger partial charge in [-0.2, -0.15) is 0 Å². The van der Waals surface area contributed by atoms with Crippen molar-refractivity contribution in [2.75, 3.05) is 6.54 Å². The third kappa shape index (κ3) is 42.6. The minimum absolute atomic E-state index is 0.0526. The van der Waals surface area contributed by atoms with Gasteiger partial charge in [-0.05, 0) is 90.5 Å². The van der Waals surface area contributed by atoms with Gasteiger partial charge in [0.2, 0.25) is 0 Å². The van der Waals surface area contributed by atoms with Crippen LogP contribution >= 0.6 is 0 Å². The number of aliphatic hydroxyl groups excluding tert-OH is 13. The minimum atomic E-state index is -1.21. The monoisotopic (exact) mass is 1140 g/mol. The summed E-state index contributed by atoms with van der Waals surface area (Å²) in [6.07, 6.45) is 32.8. The van der Waals surface area contributed by atoms with Gasteiger partial charge in [-0.1, -0.05) is 173 Å². The van der Waals surface area contributed by atoms with Crippen LogP contribution in [0.4, 0.5) is 0 Å². The van der Waals surface area contributed by atoms with Gasteiger partial charge >= 0.3 is 5.97 Å². The molecule has 0 spiro atoms. The highest BCUT2D eigenvalue weighted by molar-refractivity contribution is 5.86. The molecular formula is C64H101NO16. The van der Waals surface area contributed by atoms with Crippen LogP contribution < -0.4 is 5.73 Å². The molecule has 0 saturated heterocycles. The minimum Gasteiger partial charge on any atom is -0.478 e. The van der Waals surface area contributed by atoms with Crippen LogP contribution in [0.25, 0.3) is 0 Å². The summed E-state index contributed by atoms with van der Waals surface area (Å²) >= 11 is 0. The molecule has 81 heavy (non-hydrogen) atoms. The number of rotatable bonds is 46. The quantitative estimate of drug-likeness (QED) is 0.0151. The Labute approximate surface area is 482 Å². The SMILES string of the molecule is C\C(=C/C=C/C=C/C=C/C/C=C/C(C)C(O)C(C)C(O)/C=C/C=C/C=C/C=C/C=C/CC(O)C(C)C(=O)CC(O)CC(O)CC(O)/C=C/CC(O)CC(O)CC(O)CC(O)/C=C/CC(O)/C=C/CC(O)CC(O)CCCCN)C(=O)O. The van der Waals surface area contributed by atoms with Gasteiger partial charge in [0, 0.05) is 42.6 Å². The summed E-state index contributed by atoms with van der Waals surface area (Å²) in [5.41, 5.74) is 5.71. The lowest BCUT2D eigenvalue weighted by atomic mass is 9.88. The number of carboxylic acids is 1. The molecule has 0 aromatic heterocycles. The van der Waals surface area contributed by atoms with E-state index in [1.807, 2.05) is 37.3 Å². The van der Waals surface area contributed by atoms with Crippen LogP contribution in [0.2, 0.25) is 0 Å². The Morgan fingerprint density at radius 1 is 0.444 bits per heavy atom. The lowest BCUT2D eigenvalue weighted by molar-refractivity contribution is -0.132. The second-order valence-electron chi connectivity index (χ2n) is 20.9. The van der Waals surface area contributed by atoms with Gasteiger partial charge in [-0.15, -0.1) is 0 Å². The van der Waals surface area contributed by atoms with Crippen molar-refractivity contribution >= 4 is 11.8 Å². The Bertz CT molecular complexity index is 2070. The average Bonchev–Trinajstić information content (AvgIpc) is 3.39. The molecule has 0 fully saturated rings. The molecule has 16 N–H and O–H groups in total. The molecule has 0 amide bonds. The number of aliphatic hydroxyl groups is 13. The zero-order valence-corrected chi connectivity index (χ0v) is 48.1. The maximum absolute atomic E-state index is 12.8. The summed E-state index contributed by atoms with van der Waals surface area (Å²) in [5.74, 6) is -2.72. The first kappa shape index (κ1) is 76.2. The van der Waals surface area contributed by atoms with E-state index in [2.05, 4.69) is 0 Å². The van der Waals surface area contributed by atoms with E-state index in [0.717, 1.165) is 12.8 Å². The summed E-state index contributed by atoms with van der Waals surface area (Å²) < 4.78 is 0. The third-order valence-electron chi connectivity index (χ3n) is 13.2. The molecule has 0 aliphatic rings. The Morgan fingerprint density at radius 2 is 0.914 bits per heavy atom. The molecule has 0 radical (unpaired) electrons. The first-order valence-electron chi connectivity index (χ1n) is 28.4. The zero-order chi connectivity index (χ0) is 61.0. The molecular weight excluding hydrogens is 1040 g/mol. The third-order valence-corrected chi connectivity index (χ3v) is 13.2. The summed E-state index contributed by atoms with van der Waals surface area (Å²) in [7, 11) is 0. The normalized spacial score (nSPS) is 19.6. The van der Waals surface area contributed by atoms with E-state index in [0.29, 0.717) is 19.4 Å². The van der Waals surface area contributed by atoms with Crippen LogP contribution in [0, 0.1) is 17.8 Å². The van der Waals surface area contributed by atoms with Gasteiger partial charge in [0.25, 0.3) is 0 Å². The maximum atomic E-state index is 12.8. The molecule has 0 heterocycles. The molecule has 0 saturated carbocycles. The largest absolute Gasteiger partial charge is 0.478 e. The van der Waals surface area contributed by atoms with E-state index in [-0.39, 0.29) is 87.9 Å². The van der Waals surface area contributed by atoms with Gasteiger partial charge < -0.3 is 77.2 Å². The van der Waals surface area contributed by atoms with Crippen molar-refractivity contribution in [2.45, 2.75) is 203 Å². The fraction of sp³-hybridized carbons (Fsp3) is 0.562. The van der Waals surface area contributed by atoms with Crippen LogP contribution in [-0.4, -0.2) is 169 Å². The Balaban J connectivity index is 4.52. The number of ketones is 1. The van der Waals surface area contributed by atoms with E-state index in [9.17, 15) is 76.0 Å². The predicted molar refractivity (Wildman–Crippen MR) is 320 cm³/mol. The molecule has 17 nitrogen and oxygen atoms in total. The first-order chi connectivity index (χ1) is 38.5. The molecule has 458 valence electrons. The first-order valence-corrected chi connectivity index (χ1v) is 28.4. The second-order valence-corrected chi connectivity index (χ2v) is 20.9. The van der Waals surface area contributed by atoms with Gasteiger partial charge in [-0.25, -0.2) is 4.79 Å². The van der Waals surface area contributed by atoms with Gasteiger partial charge in [-0.3, -0.25) is 4.79 Å².